The molecule has 8 rings (SSSR count). The van der Waals surface area contributed by atoms with Crippen molar-refractivity contribution in [3.63, 3.8) is 0 Å². The molecule has 51 nitrogen and oxygen atoms in total. The van der Waals surface area contributed by atoms with Crippen LogP contribution in [0.25, 0.3) is 0 Å². The van der Waals surface area contributed by atoms with E-state index in [1.54, 1.807) is 0 Å². The zero-order valence-electron chi connectivity index (χ0n) is 58.1. The molecule has 8 heterocycles. The molecule has 43 atom stereocenters. The van der Waals surface area contributed by atoms with Gasteiger partial charge in [-0.1, -0.05) is 0 Å². The molecule has 8 fully saturated rings. The molecule has 8 saturated heterocycles. The van der Waals surface area contributed by atoms with Crippen molar-refractivity contribution in [3.8, 4) is 0 Å². The van der Waals surface area contributed by atoms with E-state index in [4.69, 9.17) is 85.8 Å². The minimum absolute atomic E-state index is 0.492. The maximum absolute atomic E-state index is 13.8. The third-order valence-electron chi connectivity index (χ3n) is 19.3. The fraction of sp³-hybridized carbons (Fsp3) is 0.948. The van der Waals surface area contributed by atoms with Gasteiger partial charge in [-0.2, -0.15) is 0 Å². The highest BCUT2D eigenvalue weighted by atomic mass is 31.2. The topological polar surface area (TPSA) is 821 Å². The van der Waals surface area contributed by atoms with Gasteiger partial charge in [0, 0.05) is 26.8 Å². The Morgan fingerprint density at radius 2 is 0.818 bits per heavy atom. The smallest absolute Gasteiger partial charge is 0.472 e. The van der Waals surface area contributed by atoms with Gasteiger partial charge in [0.15, 0.2) is 44.0 Å². The molecule has 0 spiro atoms. The van der Waals surface area contributed by atoms with E-state index in [1.165, 1.54) is 0 Å². The summed E-state index contributed by atoms with van der Waals surface area (Å²) in [5.74, 6) is -7.45. The predicted molar refractivity (Wildman–Crippen MR) is 335 cm³/mol. The van der Waals surface area contributed by atoms with Crippen molar-refractivity contribution in [1.82, 2.24) is 10.6 Å². The number of nitrogens with two attached hydrogens (primary N) is 1. The van der Waals surface area contributed by atoms with Crippen LogP contribution >= 0.6 is 7.82 Å². The lowest BCUT2D eigenvalue weighted by atomic mass is 9.91. The van der Waals surface area contributed by atoms with Crippen LogP contribution in [0.5, 0.6) is 0 Å². The fourth-order valence-electron chi connectivity index (χ4n) is 13.6. The summed E-state index contributed by atoms with van der Waals surface area (Å²) in [6, 6.07) is -3.88. The van der Waals surface area contributed by atoms with Crippen LogP contribution in [0.3, 0.4) is 0 Å². The molecule has 0 aromatic heterocycles. The number of hydrogen-bond donors (Lipinski definition) is 30. The lowest BCUT2D eigenvalue weighted by Gasteiger charge is -2.53. The van der Waals surface area contributed by atoms with E-state index in [0.717, 1.165) is 13.8 Å². The van der Waals surface area contributed by atoms with Gasteiger partial charge in [0.1, 0.15) is 201 Å². The largest absolute Gasteiger partial charge is 0.477 e. The first kappa shape index (κ1) is 92.4. The van der Waals surface area contributed by atoms with Gasteiger partial charge >= 0.3 is 13.8 Å². The van der Waals surface area contributed by atoms with Crippen LogP contribution in [0.2, 0.25) is 0 Å². The van der Waals surface area contributed by atoms with Crippen LogP contribution < -0.4 is 16.4 Å². The Bertz CT molecular complexity index is 2930. The third kappa shape index (κ3) is 20.5. The molecule has 31 N–H and O–H groups in total. The average Bonchev–Trinajstić information content (AvgIpc) is 0.760. The molecule has 2 unspecified atom stereocenters. The number of rotatable bonds is 33. The summed E-state index contributed by atoms with van der Waals surface area (Å²) in [5.41, 5.74) is 5.50. The van der Waals surface area contributed by atoms with Gasteiger partial charge in [-0.25, -0.2) is 9.36 Å². The third-order valence-corrected chi connectivity index (χ3v) is 20.3. The number of phosphoric acid groups is 1. The molecule has 110 heavy (non-hydrogen) atoms. The maximum atomic E-state index is 13.8. The van der Waals surface area contributed by atoms with Crippen LogP contribution in [-0.2, 0) is 99.0 Å². The minimum Gasteiger partial charge on any atom is -0.477 e. The zero-order valence-corrected chi connectivity index (χ0v) is 59.0. The first-order valence-electron chi connectivity index (χ1n) is 34.3. The summed E-state index contributed by atoms with van der Waals surface area (Å²) in [4.78, 5) is 48.7. The number of carboxylic acids is 1. The second-order valence-corrected chi connectivity index (χ2v) is 28.4. The number of carbonyl (C=O) groups excluding carboxylic acids is 2. The lowest BCUT2D eigenvalue weighted by Crippen LogP contribution is -2.71. The normalized spacial score (nSPS) is 47.0. The van der Waals surface area contributed by atoms with Crippen molar-refractivity contribution < 1.29 is 237 Å². The van der Waals surface area contributed by atoms with E-state index in [0.29, 0.717) is 0 Å². The Balaban J connectivity index is 1.16. The van der Waals surface area contributed by atoms with Crippen molar-refractivity contribution in [2.24, 2.45) is 5.73 Å². The first-order valence-corrected chi connectivity index (χ1v) is 35.8. The van der Waals surface area contributed by atoms with Crippen molar-refractivity contribution in [2.75, 3.05) is 66.0 Å². The minimum atomic E-state index is -5.68. The number of carboxylic acid groups (broad SMARTS) is 1. The van der Waals surface area contributed by atoms with E-state index in [1.807, 2.05) is 0 Å². The van der Waals surface area contributed by atoms with E-state index < -0.39 is 355 Å². The highest BCUT2D eigenvalue weighted by Crippen LogP contribution is 2.49. The van der Waals surface area contributed by atoms with Crippen molar-refractivity contribution in [3.05, 3.63) is 0 Å². The average molecular weight is 1640 g/mol. The van der Waals surface area contributed by atoms with Gasteiger partial charge in [-0.3, -0.25) is 18.6 Å². The summed E-state index contributed by atoms with van der Waals surface area (Å²) < 4.78 is 112. The van der Waals surface area contributed by atoms with Gasteiger partial charge in [0.25, 0.3) is 5.79 Å². The zero-order chi connectivity index (χ0) is 81.6. The Morgan fingerprint density at radius 1 is 0.427 bits per heavy atom. The van der Waals surface area contributed by atoms with E-state index >= 15 is 0 Å². The van der Waals surface area contributed by atoms with Crippen molar-refractivity contribution in [1.29, 1.82) is 0 Å². The lowest BCUT2D eigenvalue weighted by molar-refractivity contribution is -0.414. The Labute approximate surface area is 620 Å². The second-order valence-electron chi connectivity index (χ2n) is 27.0. The Hall–Kier alpha value is -3.12. The second kappa shape index (κ2) is 39.9. The van der Waals surface area contributed by atoms with Crippen molar-refractivity contribution in [2.45, 2.75) is 277 Å². The number of phosphoric ester groups is 1. The number of amides is 2. The van der Waals surface area contributed by atoms with E-state index in [9.17, 15) is 157 Å². The van der Waals surface area contributed by atoms with Crippen LogP contribution in [0.15, 0.2) is 0 Å². The maximum Gasteiger partial charge on any atom is 0.472 e. The van der Waals surface area contributed by atoms with Crippen molar-refractivity contribution >= 4 is 25.6 Å². The fourth-order valence-corrected chi connectivity index (χ4v) is 14.5. The highest BCUT2D eigenvalue weighted by molar-refractivity contribution is 7.47. The summed E-state index contributed by atoms with van der Waals surface area (Å²) in [6.45, 7) is -9.39. The number of aliphatic hydroxyl groups excluding tert-OH is 24. The molecule has 0 bridgehead atoms. The number of ether oxygens (including phenoxy) is 15. The van der Waals surface area contributed by atoms with Gasteiger partial charge in [-0.05, 0) is 0 Å². The summed E-state index contributed by atoms with van der Waals surface area (Å²) >= 11 is 0. The predicted octanol–water partition coefficient (Wildman–Crippen LogP) is -19.5. The number of aliphatic carboxylic acids is 1. The number of aliphatic hydroxyl groups is 25. The number of nitrogens with one attached hydrogen (secondary N) is 2. The quantitative estimate of drug-likeness (QED) is 0.0271. The molecule has 2 amide bonds. The van der Waals surface area contributed by atoms with Gasteiger partial charge in [0.2, 0.25) is 11.8 Å². The summed E-state index contributed by atoms with van der Waals surface area (Å²) in [6.07, 6.45) is -91.0. The molecule has 0 radical (unpaired) electrons. The van der Waals surface area contributed by atoms with Gasteiger partial charge < -0.3 is 225 Å². The molecular formula is C58H100N3O48P. The van der Waals surface area contributed by atoms with Crippen LogP contribution in [0.4, 0.5) is 0 Å². The number of hydrogen-bond acceptors (Lipinski definition) is 47. The molecule has 640 valence electrons. The Morgan fingerprint density at radius 3 is 1.34 bits per heavy atom. The molecule has 0 aromatic rings. The molecule has 0 aromatic carbocycles. The van der Waals surface area contributed by atoms with E-state index in [-0.39, 0.29) is 0 Å². The molecule has 0 saturated carbocycles. The van der Waals surface area contributed by atoms with E-state index in [2.05, 4.69) is 10.6 Å². The first-order chi connectivity index (χ1) is 51.8. The monoisotopic (exact) mass is 1640 g/mol. The Kier molecular flexibility index (Phi) is 33.5. The SMILES string of the molecule is CC(=O)N[C@H]1[C@H](O[C@H]2[C@@H](O)[C@@H](CO)O[C@@H](O[C@H]3[C@H](O)[C@@H](O)[C@H](O[C@H]4[C@H](O[C@H]5O[C@H]([C@@H](O)CO)[C@@H](O)[C@H](OP(=O)(O)OCCN)[C@@H]5O[C@H]5O[C@H](CO)[C@@H](O)[C@H](O)[C@H]5NC(C)=O)[C@H](O)[C@@H](O[C@H]5[C@@H]([C@H](O)CO)OC(O)(C(=O)O)C[C@H]5O)O[C@@H]4[C@@H](O)CO)O[C@@H]3CO)[C@@H]2O)O[C@H](CO)[C@@H](O[C@@H]2O[C@H](CO)[C@H](O)[C@H](O)[C@H]2O)[C@@H]1O. The van der Waals surface area contributed by atoms with Crippen LogP contribution in [0, 0.1) is 0 Å². The highest BCUT2D eigenvalue weighted by Gasteiger charge is 2.63. The van der Waals surface area contributed by atoms with Gasteiger partial charge in [0.05, 0.1) is 65.6 Å². The standard InChI is InChI=1S/C58H100N3O48P/c1-14(70)60-25-30(79)27(76)20(9-65)94-50(25)107-49-47(109-110(91,92)93-4-3-59)36(85)39(17(73)6-62)99-56(49)105-46-38(87)55(100-40-16(72)5-58(90,57(88)89)108-42(40)19(75)8-64)101-41(18(74)7-63)48(46)106-53-35(84)33(82)44(24(13-69)98-53)103-54-37(86)45(29(78)22(11-67)96-54)104-51-26(61-15(2)71)31(80)43(23(12-68)97-51)102-52-34(83)32(81)28(77)21(10-66)95-52/h16-56,62-69,72-87,90H,3-13,59H2,1-2H3,(H,60,70)(H,61,71)(H,88,89)(H,91,92)/t16-,17+,18+,19-,20-,21-,22-,23-,24-,25-,26-,27-,28+,29+,30-,31-,32+,33-,34-,35-,36-,37-,38+,39-,40-,41-,42-,43-,44-,45+,46-,47+,48-,49+,50-,51+,52+,53+,54+,55+,56-,58?/m1/s1. The molecular weight excluding hydrogens is 1540 g/mol. The molecule has 8 aliphatic rings. The molecule has 8 aliphatic heterocycles. The van der Waals surface area contributed by atoms with Gasteiger partial charge in [-0.15, -0.1) is 0 Å². The van der Waals surface area contributed by atoms with Crippen LogP contribution in [-0.4, -0.2) is 479 Å². The summed E-state index contributed by atoms with van der Waals surface area (Å²) in [7, 11) is -5.68. The summed E-state index contributed by atoms with van der Waals surface area (Å²) in [5, 5.41) is 292. The molecule has 0 aliphatic carbocycles. The molecule has 52 heteroatoms. The van der Waals surface area contributed by atoms with Crippen LogP contribution in [0.1, 0.15) is 20.3 Å². The number of carbonyl (C=O) groups is 3.